The molecule has 1 amide bonds. The lowest BCUT2D eigenvalue weighted by Crippen LogP contribution is -2.19. The summed E-state index contributed by atoms with van der Waals surface area (Å²) in [6.07, 6.45) is -0.0517. The van der Waals surface area contributed by atoms with Crippen molar-refractivity contribution in [1.29, 1.82) is 0 Å². The van der Waals surface area contributed by atoms with Gasteiger partial charge in [0.2, 0.25) is 5.91 Å². The summed E-state index contributed by atoms with van der Waals surface area (Å²) in [6, 6.07) is 9.64. The number of nitrogens with one attached hydrogen (secondary N) is 1. The van der Waals surface area contributed by atoms with Crippen molar-refractivity contribution < 1.29 is 23.8 Å². The van der Waals surface area contributed by atoms with E-state index in [0.717, 1.165) is 0 Å². The van der Waals surface area contributed by atoms with Gasteiger partial charge >= 0.3 is 0 Å². The fraction of sp³-hybridized carbons (Fsp3) is 0.278. The molecule has 0 aromatic heterocycles. The van der Waals surface area contributed by atoms with E-state index in [2.05, 4.69) is 5.32 Å². The van der Waals surface area contributed by atoms with Crippen molar-refractivity contribution in [3.05, 3.63) is 53.3 Å². The Balaban J connectivity index is 1.74. The van der Waals surface area contributed by atoms with E-state index < -0.39 is 11.9 Å². The van der Waals surface area contributed by atoms with Crippen LogP contribution in [0, 0.1) is 5.82 Å². The molecule has 2 aromatic carbocycles. The van der Waals surface area contributed by atoms with Gasteiger partial charge in [0.05, 0.1) is 31.9 Å². The first-order chi connectivity index (χ1) is 11.6. The molecule has 1 aliphatic rings. The molecule has 0 spiro atoms. The molecular weight excluding hydrogens is 313 g/mol. The van der Waals surface area contributed by atoms with Crippen molar-refractivity contribution >= 4 is 11.6 Å². The Morgan fingerprint density at radius 1 is 1.42 bits per heavy atom. The second-order valence-corrected chi connectivity index (χ2v) is 5.57. The molecule has 1 atom stereocenters. The quantitative estimate of drug-likeness (QED) is 0.904. The van der Waals surface area contributed by atoms with Crippen LogP contribution in [-0.2, 0) is 11.2 Å². The molecule has 5 nitrogen and oxygen atoms in total. The van der Waals surface area contributed by atoms with Crippen LogP contribution >= 0.6 is 0 Å². The summed E-state index contributed by atoms with van der Waals surface area (Å²) < 4.78 is 24.1. The first-order valence-electron chi connectivity index (χ1n) is 7.64. The number of carbonyl (C=O) groups excluding carboxylic acids is 1. The molecule has 0 fully saturated rings. The smallest absolute Gasteiger partial charge is 0.228 e. The summed E-state index contributed by atoms with van der Waals surface area (Å²) >= 11 is 0. The molecule has 0 radical (unpaired) electrons. The molecule has 1 unspecified atom stereocenters. The van der Waals surface area contributed by atoms with Crippen LogP contribution in [0.25, 0.3) is 0 Å². The fourth-order valence-electron chi connectivity index (χ4n) is 2.70. The summed E-state index contributed by atoms with van der Waals surface area (Å²) in [5.74, 6) is -0.174. The number of aliphatic hydroxyl groups excluding tert-OH is 1. The second-order valence-electron chi connectivity index (χ2n) is 5.57. The highest BCUT2D eigenvalue weighted by Gasteiger charge is 2.22. The number of amides is 1. The predicted molar refractivity (Wildman–Crippen MR) is 86.8 cm³/mol. The van der Waals surface area contributed by atoms with Gasteiger partial charge in [0.25, 0.3) is 0 Å². The Morgan fingerprint density at radius 2 is 2.25 bits per heavy atom. The van der Waals surface area contributed by atoms with Crippen molar-refractivity contribution in [3.8, 4) is 11.5 Å². The molecule has 1 aliphatic heterocycles. The third kappa shape index (κ3) is 3.33. The molecule has 3 rings (SSSR count). The van der Waals surface area contributed by atoms with Gasteiger partial charge in [-0.3, -0.25) is 4.79 Å². The molecule has 24 heavy (non-hydrogen) atoms. The third-order valence-electron chi connectivity index (χ3n) is 3.90. The molecule has 0 saturated carbocycles. The molecule has 126 valence electrons. The molecule has 0 bridgehead atoms. The summed E-state index contributed by atoms with van der Waals surface area (Å²) in [7, 11) is 1.39. The number of fused-ring (bicyclic) bond motifs is 1. The van der Waals surface area contributed by atoms with Gasteiger partial charge in [-0.05, 0) is 23.8 Å². The van der Waals surface area contributed by atoms with Crippen LogP contribution < -0.4 is 14.8 Å². The van der Waals surface area contributed by atoms with E-state index in [-0.39, 0.29) is 18.1 Å². The molecular formula is C18H18FNO4. The van der Waals surface area contributed by atoms with Crippen LogP contribution in [0.2, 0.25) is 0 Å². The minimum atomic E-state index is -0.596. The number of para-hydroxylation sites is 1. The lowest BCUT2D eigenvalue weighted by atomic mass is 10.0. The van der Waals surface area contributed by atoms with Crippen LogP contribution in [-0.4, -0.2) is 24.7 Å². The van der Waals surface area contributed by atoms with Crippen molar-refractivity contribution in [3.63, 3.8) is 0 Å². The molecule has 0 aliphatic carbocycles. The number of anilines is 1. The Hall–Kier alpha value is -2.60. The van der Waals surface area contributed by atoms with Gasteiger partial charge < -0.3 is 19.9 Å². The molecule has 6 heteroatoms. The van der Waals surface area contributed by atoms with E-state index in [1.54, 1.807) is 24.3 Å². The number of methoxy groups -OCH3 is 1. The topological polar surface area (TPSA) is 67.8 Å². The highest BCUT2D eigenvalue weighted by Crippen LogP contribution is 2.37. The number of benzene rings is 2. The molecule has 2 aromatic rings. The maximum absolute atomic E-state index is 13.7. The number of aliphatic hydroxyl groups is 1. The lowest BCUT2D eigenvalue weighted by Gasteiger charge is -2.24. The molecule has 0 saturated heterocycles. The number of hydrogen-bond acceptors (Lipinski definition) is 4. The summed E-state index contributed by atoms with van der Waals surface area (Å²) in [5.41, 5.74) is 1.70. The zero-order valence-corrected chi connectivity index (χ0v) is 13.2. The highest BCUT2D eigenvalue weighted by atomic mass is 19.1. The van der Waals surface area contributed by atoms with Gasteiger partial charge in [0.1, 0.15) is 5.75 Å². The van der Waals surface area contributed by atoms with Crippen molar-refractivity contribution in [1.82, 2.24) is 0 Å². The number of rotatable bonds is 4. The normalized spacial score (nSPS) is 16.0. The largest absolute Gasteiger partial charge is 0.494 e. The van der Waals surface area contributed by atoms with Gasteiger partial charge in [-0.25, -0.2) is 4.39 Å². The summed E-state index contributed by atoms with van der Waals surface area (Å²) in [6.45, 7) is 0.394. The number of halogens is 1. The SMILES string of the molecule is COc1ccc(CC(=O)Nc2cccc3c2OCCC3O)cc1F. The maximum atomic E-state index is 13.7. The van der Waals surface area contributed by atoms with Crippen molar-refractivity contribution in [2.45, 2.75) is 18.9 Å². The van der Waals surface area contributed by atoms with Crippen LogP contribution in [0.4, 0.5) is 10.1 Å². The van der Waals surface area contributed by atoms with Crippen molar-refractivity contribution in [2.24, 2.45) is 0 Å². The zero-order valence-electron chi connectivity index (χ0n) is 13.2. The van der Waals surface area contributed by atoms with Crippen LogP contribution in [0.5, 0.6) is 11.5 Å². The number of ether oxygens (including phenoxy) is 2. The van der Waals surface area contributed by atoms with E-state index in [0.29, 0.717) is 35.6 Å². The van der Waals surface area contributed by atoms with E-state index in [9.17, 15) is 14.3 Å². The van der Waals surface area contributed by atoms with Gasteiger partial charge in [-0.15, -0.1) is 0 Å². The van der Waals surface area contributed by atoms with Crippen LogP contribution in [0.3, 0.4) is 0 Å². The Bertz CT molecular complexity index is 763. The Labute approximate surface area is 139 Å². The second kappa shape index (κ2) is 6.88. The molecule has 2 N–H and O–H groups in total. The van der Waals surface area contributed by atoms with Crippen LogP contribution in [0.1, 0.15) is 23.7 Å². The summed E-state index contributed by atoms with van der Waals surface area (Å²) in [5, 5.41) is 12.7. The summed E-state index contributed by atoms with van der Waals surface area (Å²) in [4.78, 5) is 12.2. The van der Waals surface area contributed by atoms with Crippen LogP contribution in [0.15, 0.2) is 36.4 Å². The standard InChI is InChI=1S/C18H18FNO4/c1-23-16-6-5-11(9-13(16)19)10-17(22)20-14-4-2-3-12-15(21)7-8-24-18(12)14/h2-6,9,15,21H,7-8,10H2,1H3,(H,20,22). The first-order valence-corrected chi connectivity index (χ1v) is 7.64. The zero-order chi connectivity index (χ0) is 17.1. The van der Waals surface area contributed by atoms with Crippen molar-refractivity contribution in [2.75, 3.05) is 19.0 Å². The monoisotopic (exact) mass is 331 g/mol. The number of carbonyl (C=O) groups is 1. The van der Waals surface area contributed by atoms with Gasteiger partial charge in [0.15, 0.2) is 11.6 Å². The average molecular weight is 331 g/mol. The molecule has 1 heterocycles. The minimum absolute atomic E-state index is 0.0210. The van der Waals surface area contributed by atoms with Gasteiger partial charge in [0, 0.05) is 12.0 Å². The average Bonchev–Trinajstić information content (AvgIpc) is 2.56. The van der Waals surface area contributed by atoms with Gasteiger partial charge in [-0.2, -0.15) is 0 Å². The van der Waals surface area contributed by atoms with E-state index >= 15 is 0 Å². The predicted octanol–water partition coefficient (Wildman–Crippen LogP) is 2.83. The Kier molecular flexibility index (Phi) is 4.66. The third-order valence-corrected chi connectivity index (χ3v) is 3.90. The lowest BCUT2D eigenvalue weighted by molar-refractivity contribution is -0.115. The van der Waals surface area contributed by atoms with E-state index in [1.165, 1.54) is 19.2 Å². The number of hydrogen-bond donors (Lipinski definition) is 2. The highest BCUT2D eigenvalue weighted by molar-refractivity contribution is 5.94. The van der Waals surface area contributed by atoms with Gasteiger partial charge in [-0.1, -0.05) is 18.2 Å². The maximum Gasteiger partial charge on any atom is 0.228 e. The fourth-order valence-corrected chi connectivity index (χ4v) is 2.70. The van der Waals surface area contributed by atoms with E-state index in [1.807, 2.05) is 0 Å². The van der Waals surface area contributed by atoms with E-state index in [4.69, 9.17) is 9.47 Å². The first kappa shape index (κ1) is 16.3. The Morgan fingerprint density at radius 3 is 3.00 bits per heavy atom. The minimum Gasteiger partial charge on any atom is -0.494 e.